The summed E-state index contributed by atoms with van der Waals surface area (Å²) in [5.74, 6) is -1.05. The Morgan fingerprint density at radius 1 is 1.24 bits per heavy atom. The number of rotatable bonds is 7. The summed E-state index contributed by atoms with van der Waals surface area (Å²) < 4.78 is 13.8. The Hall–Kier alpha value is -2.76. The molecule has 1 fully saturated rings. The number of aryl methyl sites for hydroxylation is 2. The van der Waals surface area contributed by atoms with Crippen LogP contribution in [0.1, 0.15) is 16.0 Å². The lowest BCUT2D eigenvalue weighted by Crippen LogP contribution is -2.37. The van der Waals surface area contributed by atoms with Gasteiger partial charge in [-0.3, -0.25) is 19.3 Å². The average molecular weight is 503 g/mol. The van der Waals surface area contributed by atoms with Crippen molar-refractivity contribution in [2.24, 2.45) is 0 Å². The van der Waals surface area contributed by atoms with Gasteiger partial charge in [-0.1, -0.05) is 30.0 Å². The molecule has 4 rings (SSSR count). The molecule has 1 aliphatic rings. The first-order valence-electron chi connectivity index (χ1n) is 9.95. The van der Waals surface area contributed by atoms with E-state index in [2.05, 4.69) is 15.3 Å². The Balaban J connectivity index is 1.31. The molecule has 170 valence electrons. The third-order valence-electron chi connectivity index (χ3n) is 4.99. The van der Waals surface area contributed by atoms with Crippen LogP contribution in [0.25, 0.3) is 16.3 Å². The van der Waals surface area contributed by atoms with E-state index in [-0.39, 0.29) is 35.2 Å². The average Bonchev–Trinajstić information content (AvgIpc) is 3.23. The van der Waals surface area contributed by atoms with Gasteiger partial charge in [0.1, 0.15) is 22.0 Å². The second kappa shape index (κ2) is 10.0. The van der Waals surface area contributed by atoms with E-state index in [0.717, 1.165) is 42.3 Å². The first-order valence-corrected chi connectivity index (χ1v) is 12.6. The fraction of sp³-hybridized carbons (Fsp3) is 0.227. The molecular weight excluding hydrogens is 483 g/mol. The molecule has 0 radical (unpaired) electrons. The van der Waals surface area contributed by atoms with Gasteiger partial charge in [-0.05, 0) is 43.3 Å². The summed E-state index contributed by atoms with van der Waals surface area (Å²) in [6.45, 7) is 4.20. The number of carbonyl (C=O) groups excluding carboxylic acids is 3. The van der Waals surface area contributed by atoms with Gasteiger partial charge in [-0.15, -0.1) is 11.3 Å². The first kappa shape index (κ1) is 23.4. The fourth-order valence-electron chi connectivity index (χ4n) is 3.18. The lowest BCUT2D eigenvalue weighted by atomic mass is 10.2. The quantitative estimate of drug-likeness (QED) is 0.291. The van der Waals surface area contributed by atoms with Crippen molar-refractivity contribution in [1.82, 2.24) is 20.2 Å². The SMILES string of the molecule is Cc1sc2ncnc(SCC(=O)NCCN3C(=O)S/C(=C\c4ccccc4F)C3=O)c2c1C. The Morgan fingerprint density at radius 3 is 2.82 bits per heavy atom. The highest BCUT2D eigenvalue weighted by atomic mass is 32.2. The smallest absolute Gasteiger partial charge is 0.293 e. The number of nitrogens with zero attached hydrogens (tertiary/aromatic N) is 3. The van der Waals surface area contributed by atoms with E-state index < -0.39 is 17.0 Å². The van der Waals surface area contributed by atoms with Crippen LogP contribution >= 0.6 is 34.9 Å². The number of carbonyl (C=O) groups is 3. The zero-order chi connectivity index (χ0) is 23.5. The van der Waals surface area contributed by atoms with E-state index in [1.807, 2.05) is 13.8 Å². The van der Waals surface area contributed by atoms with Crippen molar-refractivity contribution in [1.29, 1.82) is 0 Å². The summed E-state index contributed by atoms with van der Waals surface area (Å²) in [6.07, 6.45) is 2.86. The standard InChI is InChI=1S/C22H19FN4O3S3/c1-12-13(2)32-20-18(12)19(25-11-26-20)31-10-17(28)24-7-8-27-21(29)16(33-22(27)30)9-14-5-3-4-6-15(14)23/h3-6,9,11H,7-8,10H2,1-2H3,(H,24,28)/b16-9-. The molecule has 0 aliphatic carbocycles. The third kappa shape index (κ3) is 5.10. The number of imide groups is 1. The molecule has 0 bridgehead atoms. The minimum Gasteiger partial charge on any atom is -0.354 e. The van der Waals surface area contributed by atoms with E-state index in [9.17, 15) is 18.8 Å². The van der Waals surface area contributed by atoms with E-state index in [4.69, 9.17) is 0 Å². The molecule has 3 amide bonds. The van der Waals surface area contributed by atoms with Crippen LogP contribution in [0.2, 0.25) is 0 Å². The summed E-state index contributed by atoms with van der Waals surface area (Å²) in [5, 5.41) is 4.00. The minimum absolute atomic E-state index is 0.0380. The molecule has 3 aromatic rings. The molecule has 1 aliphatic heterocycles. The normalized spacial score (nSPS) is 15.1. The molecule has 0 spiro atoms. The monoisotopic (exact) mass is 502 g/mol. The van der Waals surface area contributed by atoms with Crippen molar-refractivity contribution in [3.05, 3.63) is 57.3 Å². The van der Waals surface area contributed by atoms with E-state index >= 15 is 0 Å². The molecule has 7 nitrogen and oxygen atoms in total. The van der Waals surface area contributed by atoms with Crippen molar-refractivity contribution in [3.8, 4) is 0 Å². The van der Waals surface area contributed by atoms with Crippen LogP contribution < -0.4 is 5.32 Å². The van der Waals surface area contributed by atoms with Gasteiger partial charge < -0.3 is 5.32 Å². The maximum atomic E-state index is 13.8. The second-order valence-electron chi connectivity index (χ2n) is 7.14. The second-order valence-corrected chi connectivity index (χ2v) is 10.3. The van der Waals surface area contributed by atoms with E-state index in [1.54, 1.807) is 23.5 Å². The number of amides is 3. The van der Waals surface area contributed by atoms with Crippen LogP contribution in [-0.4, -0.2) is 50.8 Å². The predicted octanol–water partition coefficient (Wildman–Crippen LogP) is 4.39. The zero-order valence-corrected chi connectivity index (χ0v) is 20.2. The van der Waals surface area contributed by atoms with Gasteiger partial charge in [-0.2, -0.15) is 0 Å². The fourth-order valence-corrected chi connectivity index (χ4v) is 5.98. The molecule has 1 N–H and O–H groups in total. The molecule has 1 saturated heterocycles. The van der Waals surface area contributed by atoms with Crippen molar-refractivity contribution in [3.63, 3.8) is 0 Å². The molecule has 2 aromatic heterocycles. The van der Waals surface area contributed by atoms with Crippen molar-refractivity contribution in [2.75, 3.05) is 18.8 Å². The van der Waals surface area contributed by atoms with Gasteiger partial charge >= 0.3 is 0 Å². The summed E-state index contributed by atoms with van der Waals surface area (Å²) in [7, 11) is 0. The number of benzene rings is 1. The minimum atomic E-state index is -0.497. The van der Waals surface area contributed by atoms with E-state index in [0.29, 0.717) is 0 Å². The van der Waals surface area contributed by atoms with Crippen LogP contribution in [0.3, 0.4) is 0 Å². The highest BCUT2D eigenvalue weighted by Gasteiger charge is 2.34. The topological polar surface area (TPSA) is 92.3 Å². The number of fused-ring (bicyclic) bond motifs is 1. The molecule has 0 unspecified atom stereocenters. The summed E-state index contributed by atoms with van der Waals surface area (Å²) in [5.41, 5.74) is 1.35. The highest BCUT2D eigenvalue weighted by Crippen LogP contribution is 2.34. The van der Waals surface area contributed by atoms with Crippen molar-refractivity contribution >= 4 is 68.2 Å². The predicted molar refractivity (Wildman–Crippen MR) is 130 cm³/mol. The molecular formula is C22H19FN4O3S3. The Kier molecular flexibility index (Phi) is 7.11. The maximum absolute atomic E-state index is 13.8. The van der Waals surface area contributed by atoms with Gasteiger partial charge in [0.05, 0.1) is 10.7 Å². The summed E-state index contributed by atoms with van der Waals surface area (Å²) in [4.78, 5) is 48.9. The molecule has 3 heterocycles. The number of aromatic nitrogens is 2. The molecule has 1 aromatic carbocycles. The van der Waals surface area contributed by atoms with Gasteiger partial charge in [0.15, 0.2) is 0 Å². The van der Waals surface area contributed by atoms with Gasteiger partial charge in [0.2, 0.25) is 5.91 Å². The van der Waals surface area contributed by atoms with Crippen LogP contribution in [0.4, 0.5) is 9.18 Å². The van der Waals surface area contributed by atoms with Crippen LogP contribution in [-0.2, 0) is 9.59 Å². The molecule has 33 heavy (non-hydrogen) atoms. The van der Waals surface area contributed by atoms with Crippen LogP contribution in [0.15, 0.2) is 40.5 Å². The summed E-state index contributed by atoms with van der Waals surface area (Å²) >= 11 is 3.67. The third-order valence-corrected chi connectivity index (χ3v) is 8.01. The Morgan fingerprint density at radius 2 is 2.03 bits per heavy atom. The van der Waals surface area contributed by atoms with Gasteiger partial charge in [0.25, 0.3) is 11.1 Å². The first-order chi connectivity index (χ1) is 15.8. The van der Waals surface area contributed by atoms with Crippen molar-refractivity contribution < 1.29 is 18.8 Å². The van der Waals surface area contributed by atoms with Crippen molar-refractivity contribution in [2.45, 2.75) is 18.9 Å². The largest absolute Gasteiger partial charge is 0.354 e. The molecule has 0 atom stereocenters. The maximum Gasteiger partial charge on any atom is 0.293 e. The number of nitrogens with one attached hydrogen (secondary N) is 1. The number of hydrogen-bond acceptors (Lipinski definition) is 8. The lowest BCUT2D eigenvalue weighted by molar-refractivity contribution is -0.123. The number of thiophene rings is 1. The lowest BCUT2D eigenvalue weighted by Gasteiger charge is -2.13. The van der Waals surface area contributed by atoms with E-state index in [1.165, 1.54) is 36.3 Å². The number of hydrogen-bond donors (Lipinski definition) is 1. The highest BCUT2D eigenvalue weighted by molar-refractivity contribution is 8.18. The number of halogens is 1. The van der Waals surface area contributed by atoms with Crippen LogP contribution in [0.5, 0.6) is 0 Å². The molecule has 11 heteroatoms. The van der Waals surface area contributed by atoms with Gasteiger partial charge in [0, 0.05) is 28.9 Å². The Bertz CT molecular complexity index is 1290. The number of thioether (sulfide) groups is 2. The molecule has 0 saturated carbocycles. The zero-order valence-electron chi connectivity index (χ0n) is 17.8. The van der Waals surface area contributed by atoms with Crippen LogP contribution in [0, 0.1) is 19.7 Å². The Labute approximate surface area is 201 Å². The summed E-state index contributed by atoms with van der Waals surface area (Å²) in [6, 6.07) is 6.03. The van der Waals surface area contributed by atoms with Gasteiger partial charge in [-0.25, -0.2) is 14.4 Å².